The van der Waals surface area contributed by atoms with Crippen molar-refractivity contribution in [2.45, 2.75) is 6.61 Å². The molecule has 5 heteroatoms. The van der Waals surface area contributed by atoms with E-state index in [1.807, 2.05) is 0 Å². The summed E-state index contributed by atoms with van der Waals surface area (Å²) in [6.45, 7) is -0.00718. The number of carboxylic acids is 1. The molecule has 5 nitrogen and oxygen atoms in total. The Morgan fingerprint density at radius 2 is 1.90 bits per heavy atom. The van der Waals surface area contributed by atoms with Gasteiger partial charge in [-0.15, -0.1) is 0 Å². The number of hydrogen-bond acceptors (Lipinski definition) is 4. The van der Waals surface area contributed by atoms with Crippen LogP contribution in [0, 0.1) is 0 Å². The van der Waals surface area contributed by atoms with Crippen molar-refractivity contribution in [2.24, 2.45) is 0 Å². The smallest absolute Gasteiger partial charge is 0.336 e. The average Bonchev–Trinajstić information content (AvgIpc) is 2.45. The maximum atomic E-state index is 11.1. The fourth-order valence-corrected chi connectivity index (χ4v) is 1.79. The van der Waals surface area contributed by atoms with Crippen molar-refractivity contribution in [3.8, 4) is 11.5 Å². The number of hydrogen-bond donors (Lipinski definition) is 2. The molecular formula is C15H12O5. The van der Waals surface area contributed by atoms with E-state index < -0.39 is 5.97 Å². The van der Waals surface area contributed by atoms with Crippen molar-refractivity contribution in [1.82, 2.24) is 0 Å². The van der Waals surface area contributed by atoms with E-state index in [4.69, 9.17) is 9.84 Å². The number of ether oxygens (including phenoxy) is 1. The van der Waals surface area contributed by atoms with E-state index in [9.17, 15) is 14.7 Å². The first-order valence-electron chi connectivity index (χ1n) is 5.84. The van der Waals surface area contributed by atoms with Gasteiger partial charge in [-0.05, 0) is 18.2 Å². The predicted molar refractivity (Wildman–Crippen MR) is 71.2 cm³/mol. The van der Waals surface area contributed by atoms with Gasteiger partial charge in [0.25, 0.3) is 0 Å². The van der Waals surface area contributed by atoms with Crippen molar-refractivity contribution in [3.05, 3.63) is 59.2 Å². The number of phenolic OH excluding ortho intramolecular Hbond substituents is 1. The number of aromatic hydroxyl groups is 1. The summed E-state index contributed by atoms with van der Waals surface area (Å²) >= 11 is 0. The molecule has 0 heterocycles. The molecule has 0 unspecified atom stereocenters. The number of phenols is 1. The third kappa shape index (κ3) is 2.77. The van der Waals surface area contributed by atoms with E-state index in [0.29, 0.717) is 11.8 Å². The first-order chi connectivity index (χ1) is 9.63. The number of carbonyl (C=O) groups excluding carboxylic acids is 1. The van der Waals surface area contributed by atoms with Crippen molar-refractivity contribution < 1.29 is 24.5 Å². The Kier molecular flexibility index (Phi) is 4.00. The zero-order valence-electron chi connectivity index (χ0n) is 10.4. The van der Waals surface area contributed by atoms with Gasteiger partial charge in [-0.3, -0.25) is 4.79 Å². The molecule has 0 fully saturated rings. The number of carbonyl (C=O) groups is 2. The van der Waals surface area contributed by atoms with Crippen molar-refractivity contribution >= 4 is 12.3 Å². The van der Waals surface area contributed by atoms with Gasteiger partial charge in [0.15, 0.2) is 6.29 Å². The Bertz CT molecular complexity index is 648. The van der Waals surface area contributed by atoms with Crippen LogP contribution in [0.2, 0.25) is 0 Å². The van der Waals surface area contributed by atoms with E-state index in [-0.39, 0.29) is 29.2 Å². The van der Waals surface area contributed by atoms with Crippen LogP contribution in [0.25, 0.3) is 0 Å². The van der Waals surface area contributed by atoms with Crippen LogP contribution in [-0.2, 0) is 6.61 Å². The number of rotatable bonds is 5. The number of aromatic carboxylic acids is 1. The van der Waals surface area contributed by atoms with Gasteiger partial charge in [-0.1, -0.05) is 24.3 Å². The lowest BCUT2D eigenvalue weighted by Crippen LogP contribution is -2.06. The molecular weight excluding hydrogens is 260 g/mol. The zero-order valence-corrected chi connectivity index (χ0v) is 10.4. The monoisotopic (exact) mass is 272 g/mol. The molecule has 0 radical (unpaired) electrons. The predicted octanol–water partition coefficient (Wildman–Crippen LogP) is 2.48. The highest BCUT2D eigenvalue weighted by molar-refractivity contribution is 5.89. The van der Waals surface area contributed by atoms with E-state index in [0.717, 1.165) is 0 Å². The average molecular weight is 272 g/mol. The molecule has 0 aliphatic rings. The third-order valence-corrected chi connectivity index (χ3v) is 2.79. The van der Waals surface area contributed by atoms with Gasteiger partial charge >= 0.3 is 5.97 Å². The maximum Gasteiger partial charge on any atom is 0.336 e. The van der Waals surface area contributed by atoms with Gasteiger partial charge < -0.3 is 14.9 Å². The number of benzene rings is 2. The van der Waals surface area contributed by atoms with Gasteiger partial charge in [0.05, 0.1) is 11.1 Å². The SMILES string of the molecule is O=Cc1c(O)cccc1OCc1ccccc1C(=O)O. The van der Waals surface area contributed by atoms with Crippen molar-refractivity contribution in [3.63, 3.8) is 0 Å². The fraction of sp³-hybridized carbons (Fsp3) is 0.0667. The Morgan fingerprint density at radius 1 is 1.15 bits per heavy atom. The van der Waals surface area contributed by atoms with Crippen LogP contribution in [0.4, 0.5) is 0 Å². The lowest BCUT2D eigenvalue weighted by Gasteiger charge is -2.11. The topological polar surface area (TPSA) is 83.8 Å². The van der Waals surface area contributed by atoms with Gasteiger partial charge in [0, 0.05) is 5.56 Å². The molecule has 0 atom stereocenters. The quantitative estimate of drug-likeness (QED) is 0.817. The van der Waals surface area contributed by atoms with E-state index >= 15 is 0 Å². The van der Waals surface area contributed by atoms with Crippen LogP contribution in [0.3, 0.4) is 0 Å². The van der Waals surface area contributed by atoms with Crippen molar-refractivity contribution in [1.29, 1.82) is 0 Å². The summed E-state index contributed by atoms with van der Waals surface area (Å²) in [4.78, 5) is 22.0. The summed E-state index contributed by atoms with van der Waals surface area (Å²) in [5.41, 5.74) is 0.667. The highest BCUT2D eigenvalue weighted by Crippen LogP contribution is 2.26. The lowest BCUT2D eigenvalue weighted by atomic mass is 10.1. The maximum absolute atomic E-state index is 11.1. The fourth-order valence-electron chi connectivity index (χ4n) is 1.79. The van der Waals surface area contributed by atoms with Crippen LogP contribution in [0.1, 0.15) is 26.3 Å². The highest BCUT2D eigenvalue weighted by atomic mass is 16.5. The second-order valence-electron chi connectivity index (χ2n) is 4.06. The largest absolute Gasteiger partial charge is 0.507 e. The first-order valence-corrected chi connectivity index (χ1v) is 5.84. The molecule has 0 saturated heterocycles. The molecule has 102 valence electrons. The normalized spacial score (nSPS) is 10.0. The molecule has 0 aliphatic carbocycles. The molecule has 2 aromatic rings. The van der Waals surface area contributed by atoms with Gasteiger partial charge in [-0.25, -0.2) is 4.79 Å². The van der Waals surface area contributed by atoms with Crippen LogP contribution in [-0.4, -0.2) is 22.5 Å². The zero-order chi connectivity index (χ0) is 14.5. The molecule has 2 N–H and O–H groups in total. The number of carboxylic acid groups (broad SMARTS) is 1. The third-order valence-electron chi connectivity index (χ3n) is 2.79. The van der Waals surface area contributed by atoms with E-state index in [2.05, 4.69) is 0 Å². The Labute approximate surface area is 115 Å². The minimum absolute atomic E-state index is 0.00718. The second kappa shape index (κ2) is 5.88. The molecule has 0 spiro atoms. The summed E-state index contributed by atoms with van der Waals surface area (Å²) < 4.78 is 5.43. The van der Waals surface area contributed by atoms with Gasteiger partial charge in [0.2, 0.25) is 0 Å². The van der Waals surface area contributed by atoms with Crippen LogP contribution in [0.15, 0.2) is 42.5 Å². The molecule has 0 bridgehead atoms. The molecule has 2 rings (SSSR count). The van der Waals surface area contributed by atoms with Crippen LogP contribution >= 0.6 is 0 Å². The highest BCUT2D eigenvalue weighted by Gasteiger charge is 2.12. The van der Waals surface area contributed by atoms with Crippen LogP contribution in [0.5, 0.6) is 11.5 Å². The summed E-state index contributed by atoms with van der Waals surface area (Å²) in [6, 6.07) is 10.9. The molecule has 0 saturated carbocycles. The Balaban J connectivity index is 2.24. The molecule has 0 amide bonds. The van der Waals surface area contributed by atoms with E-state index in [1.165, 1.54) is 18.2 Å². The molecule has 20 heavy (non-hydrogen) atoms. The minimum atomic E-state index is -1.05. The van der Waals surface area contributed by atoms with Gasteiger partial charge in [0.1, 0.15) is 18.1 Å². The first kappa shape index (κ1) is 13.6. The minimum Gasteiger partial charge on any atom is -0.507 e. The Hall–Kier alpha value is -2.82. The number of aldehydes is 1. The lowest BCUT2D eigenvalue weighted by molar-refractivity contribution is 0.0693. The van der Waals surface area contributed by atoms with Crippen LogP contribution < -0.4 is 4.74 Å². The second-order valence-corrected chi connectivity index (χ2v) is 4.06. The molecule has 0 aromatic heterocycles. The summed E-state index contributed by atoms with van der Waals surface area (Å²) in [6.07, 6.45) is 0.494. The van der Waals surface area contributed by atoms with E-state index in [1.54, 1.807) is 24.3 Å². The molecule has 0 aliphatic heterocycles. The summed E-state index contributed by atoms with van der Waals surface area (Å²) in [5.74, 6) is -1.01. The van der Waals surface area contributed by atoms with Crippen molar-refractivity contribution in [2.75, 3.05) is 0 Å². The molecule has 2 aromatic carbocycles. The summed E-state index contributed by atoms with van der Waals surface area (Å²) in [5, 5.41) is 18.6. The standard InChI is InChI=1S/C15H12O5/c16-8-12-13(17)6-3-7-14(12)20-9-10-4-1-2-5-11(10)15(18)19/h1-8,17H,9H2,(H,18,19). The Morgan fingerprint density at radius 3 is 2.60 bits per heavy atom. The van der Waals surface area contributed by atoms with Gasteiger partial charge in [-0.2, -0.15) is 0 Å². The summed E-state index contributed by atoms with van der Waals surface area (Å²) in [7, 11) is 0.